The van der Waals surface area contributed by atoms with Gasteiger partial charge in [0.1, 0.15) is 18.1 Å². The molecule has 3 rings (SSSR count). The lowest BCUT2D eigenvalue weighted by atomic mass is 10.0. The summed E-state index contributed by atoms with van der Waals surface area (Å²) in [6.07, 6.45) is 2.99. The van der Waals surface area contributed by atoms with Gasteiger partial charge in [-0.1, -0.05) is 33.3 Å². The Labute approximate surface area is 217 Å². The van der Waals surface area contributed by atoms with Gasteiger partial charge in [-0.2, -0.15) is 0 Å². The summed E-state index contributed by atoms with van der Waals surface area (Å²) in [6.45, 7) is 12.9. The molecule has 0 atom stereocenters. The second-order valence-corrected chi connectivity index (χ2v) is 11.3. The van der Waals surface area contributed by atoms with Crippen LogP contribution in [0.3, 0.4) is 0 Å². The van der Waals surface area contributed by atoms with Crippen LogP contribution in [0, 0.1) is 5.92 Å². The Bertz CT molecular complexity index is 1210. The Morgan fingerprint density at radius 2 is 1.97 bits per heavy atom. The van der Waals surface area contributed by atoms with Gasteiger partial charge in [-0.05, 0) is 63.6 Å². The monoisotopic (exact) mass is 513 g/mol. The number of ether oxygens (including phenoxy) is 2. The number of unbranched alkanes of at least 4 members (excludes halogenated alkanes) is 1. The van der Waals surface area contributed by atoms with Gasteiger partial charge < -0.3 is 19.4 Å². The molecule has 0 aliphatic heterocycles. The van der Waals surface area contributed by atoms with E-state index in [1.165, 1.54) is 0 Å². The molecule has 1 N–H and O–H groups in total. The van der Waals surface area contributed by atoms with Crippen molar-refractivity contribution >= 4 is 28.2 Å². The summed E-state index contributed by atoms with van der Waals surface area (Å²) in [5.41, 5.74) is 4.08. The molecule has 0 unspecified atom stereocenters. The number of alkyl carbamates (subject to hydrolysis) is 1. The number of fused-ring (bicyclic) bond motifs is 1. The molecule has 1 aromatic carbocycles. The predicted octanol–water partition coefficient (Wildman–Crippen LogP) is 6.10. The van der Waals surface area contributed by atoms with E-state index in [-0.39, 0.29) is 18.1 Å². The molecule has 3 aromatic rings. The van der Waals surface area contributed by atoms with Gasteiger partial charge in [0.25, 0.3) is 5.56 Å². The van der Waals surface area contributed by atoms with Crippen LogP contribution in [0.5, 0.6) is 5.75 Å². The molecule has 0 fully saturated rings. The molecular weight excluding hydrogens is 474 g/mol. The first kappa shape index (κ1) is 27.7. The van der Waals surface area contributed by atoms with Crippen LogP contribution in [-0.2, 0) is 30.7 Å². The number of nitrogens with one attached hydrogen (secondary N) is 1. The summed E-state index contributed by atoms with van der Waals surface area (Å²) < 4.78 is 13.6. The molecule has 0 saturated carbocycles. The van der Waals surface area contributed by atoms with Crippen LogP contribution < -0.4 is 15.6 Å². The Balaban J connectivity index is 2.07. The molecule has 7 nitrogen and oxygen atoms in total. The van der Waals surface area contributed by atoms with Crippen molar-refractivity contribution in [3.8, 4) is 5.75 Å². The van der Waals surface area contributed by atoms with Gasteiger partial charge in [0.2, 0.25) is 0 Å². The number of nitrogens with zero attached hydrogens (tertiary/aromatic N) is 2. The van der Waals surface area contributed by atoms with Gasteiger partial charge in [-0.25, -0.2) is 9.78 Å². The minimum absolute atomic E-state index is 0.0513. The quantitative estimate of drug-likeness (QED) is 0.313. The zero-order valence-electron chi connectivity index (χ0n) is 22.3. The summed E-state index contributed by atoms with van der Waals surface area (Å²) in [4.78, 5) is 30.5. The van der Waals surface area contributed by atoms with Crippen LogP contribution in [-0.4, -0.2) is 27.8 Å². The number of aryl methyl sites for hydroxylation is 2. The number of benzene rings is 1. The van der Waals surface area contributed by atoms with Crippen LogP contribution in [0.1, 0.15) is 71.3 Å². The maximum absolute atomic E-state index is 13.6. The predicted molar refractivity (Wildman–Crippen MR) is 146 cm³/mol. The van der Waals surface area contributed by atoms with Crippen molar-refractivity contribution in [2.45, 2.75) is 85.9 Å². The van der Waals surface area contributed by atoms with Crippen LogP contribution in [0.25, 0.3) is 10.8 Å². The molecule has 0 aliphatic carbocycles. The van der Waals surface area contributed by atoms with Gasteiger partial charge in [-0.15, -0.1) is 11.3 Å². The van der Waals surface area contributed by atoms with E-state index in [9.17, 15) is 9.59 Å². The number of pyridine rings is 1. The first-order chi connectivity index (χ1) is 17.1. The van der Waals surface area contributed by atoms with Crippen molar-refractivity contribution in [3.05, 3.63) is 56.4 Å². The van der Waals surface area contributed by atoms with E-state index in [4.69, 9.17) is 9.47 Å². The SMILES string of the molecule is CCCCOc1c(COC(=O)NC(C)(C)C)n(CC(C)C)c(=O)c2ccc(CCc3cscn3)cc12. The lowest BCUT2D eigenvalue weighted by molar-refractivity contribution is 0.126. The molecule has 8 heteroatoms. The lowest BCUT2D eigenvalue weighted by Gasteiger charge is -2.23. The summed E-state index contributed by atoms with van der Waals surface area (Å²) in [5, 5.41) is 6.26. The highest BCUT2D eigenvalue weighted by atomic mass is 32.1. The van der Waals surface area contributed by atoms with Crippen molar-refractivity contribution in [3.63, 3.8) is 0 Å². The van der Waals surface area contributed by atoms with Gasteiger partial charge >= 0.3 is 6.09 Å². The second-order valence-electron chi connectivity index (χ2n) is 10.6. The first-order valence-electron chi connectivity index (χ1n) is 12.7. The topological polar surface area (TPSA) is 82.5 Å². The third kappa shape index (κ3) is 7.56. The number of aromatic nitrogens is 2. The molecule has 36 heavy (non-hydrogen) atoms. The van der Waals surface area contributed by atoms with E-state index in [0.717, 1.165) is 42.3 Å². The molecule has 0 spiro atoms. The molecule has 2 aromatic heterocycles. The third-order valence-electron chi connectivity index (χ3n) is 5.65. The first-order valence-corrected chi connectivity index (χ1v) is 13.7. The van der Waals surface area contributed by atoms with Crippen molar-refractivity contribution < 1.29 is 14.3 Å². The number of hydrogen-bond donors (Lipinski definition) is 1. The second kappa shape index (κ2) is 12.4. The highest BCUT2D eigenvalue weighted by Gasteiger charge is 2.22. The summed E-state index contributed by atoms with van der Waals surface area (Å²) in [5.74, 6) is 0.848. The number of thiazole rings is 1. The van der Waals surface area contributed by atoms with Gasteiger partial charge in [0, 0.05) is 22.8 Å². The number of rotatable bonds is 11. The fourth-order valence-corrected chi connectivity index (χ4v) is 4.55. The number of carbonyl (C=O) groups is 1. The Morgan fingerprint density at radius 3 is 2.61 bits per heavy atom. The molecule has 2 heterocycles. The average Bonchev–Trinajstić information content (AvgIpc) is 3.32. The molecule has 0 bridgehead atoms. The Kier molecular flexibility index (Phi) is 9.54. The van der Waals surface area contributed by atoms with Crippen molar-refractivity contribution in [1.82, 2.24) is 14.9 Å². The summed E-state index contributed by atoms with van der Waals surface area (Å²) in [6, 6.07) is 5.95. The van der Waals surface area contributed by atoms with Crippen LogP contribution in [0.2, 0.25) is 0 Å². The fourth-order valence-electron chi connectivity index (χ4n) is 3.96. The molecule has 196 valence electrons. The maximum atomic E-state index is 13.6. The molecule has 0 saturated heterocycles. The fraction of sp³-hybridized carbons (Fsp3) is 0.536. The van der Waals surface area contributed by atoms with Crippen LogP contribution in [0.15, 0.2) is 33.9 Å². The van der Waals surface area contributed by atoms with Gasteiger partial charge in [-0.3, -0.25) is 4.79 Å². The molecule has 1 amide bonds. The summed E-state index contributed by atoms with van der Waals surface area (Å²) >= 11 is 1.59. The zero-order chi connectivity index (χ0) is 26.3. The minimum atomic E-state index is -0.525. The van der Waals surface area contributed by atoms with Crippen molar-refractivity contribution in [2.75, 3.05) is 6.61 Å². The maximum Gasteiger partial charge on any atom is 0.407 e. The average molecular weight is 514 g/mol. The Hall–Kier alpha value is -2.87. The molecule has 0 radical (unpaired) electrons. The zero-order valence-corrected chi connectivity index (χ0v) is 23.2. The van der Waals surface area contributed by atoms with Gasteiger partial charge in [0.05, 0.1) is 23.2 Å². The van der Waals surface area contributed by atoms with E-state index < -0.39 is 11.6 Å². The summed E-state index contributed by atoms with van der Waals surface area (Å²) in [7, 11) is 0. The third-order valence-corrected chi connectivity index (χ3v) is 6.29. The standard InChI is InChI=1S/C28H39N3O4S/c1-7-8-13-34-25-23-14-20(9-11-21-17-36-18-29-21)10-12-22(23)26(32)31(15-19(2)3)24(25)16-35-27(33)30-28(4,5)6/h10,12,14,17-19H,7-9,11,13,15-16H2,1-6H3,(H,30,33). The van der Waals surface area contributed by atoms with Crippen LogP contribution in [0.4, 0.5) is 4.79 Å². The number of hydrogen-bond acceptors (Lipinski definition) is 6. The highest BCUT2D eigenvalue weighted by Crippen LogP contribution is 2.31. The molecular formula is C28H39N3O4S. The van der Waals surface area contributed by atoms with E-state index >= 15 is 0 Å². The van der Waals surface area contributed by atoms with Crippen LogP contribution >= 0.6 is 11.3 Å². The van der Waals surface area contributed by atoms with E-state index in [0.29, 0.717) is 30.0 Å². The van der Waals surface area contributed by atoms with Crippen molar-refractivity contribution in [1.29, 1.82) is 0 Å². The van der Waals surface area contributed by atoms with E-state index in [1.54, 1.807) is 15.9 Å². The van der Waals surface area contributed by atoms with Crippen molar-refractivity contribution in [2.24, 2.45) is 5.92 Å². The normalized spacial score (nSPS) is 11.8. The van der Waals surface area contributed by atoms with Gasteiger partial charge in [0.15, 0.2) is 0 Å². The Morgan fingerprint density at radius 1 is 1.19 bits per heavy atom. The van der Waals surface area contributed by atoms with E-state index in [1.807, 2.05) is 44.5 Å². The number of amides is 1. The largest absolute Gasteiger partial charge is 0.491 e. The smallest absolute Gasteiger partial charge is 0.407 e. The van der Waals surface area contributed by atoms with E-state index in [2.05, 4.69) is 36.5 Å². The highest BCUT2D eigenvalue weighted by molar-refractivity contribution is 7.07. The molecule has 0 aliphatic rings. The lowest BCUT2D eigenvalue weighted by Crippen LogP contribution is -2.41. The number of carbonyl (C=O) groups excluding carboxylic acids is 1. The minimum Gasteiger partial charge on any atom is -0.491 e.